The summed E-state index contributed by atoms with van der Waals surface area (Å²) in [5.74, 6) is -0.380. The number of carbonyl (C=O) groups is 1. The van der Waals surface area contributed by atoms with Crippen LogP contribution in [-0.2, 0) is 4.74 Å². The van der Waals surface area contributed by atoms with Crippen LogP contribution in [0.5, 0.6) is 0 Å². The summed E-state index contributed by atoms with van der Waals surface area (Å²) >= 11 is 1.29. The number of fused-ring (bicyclic) bond motifs is 2. The van der Waals surface area contributed by atoms with Crippen LogP contribution < -0.4 is 5.73 Å². The maximum Gasteiger partial charge on any atom is 0.350 e. The second-order valence-electron chi connectivity index (χ2n) is 5.06. The second kappa shape index (κ2) is 5.00. The van der Waals surface area contributed by atoms with Gasteiger partial charge >= 0.3 is 5.97 Å². The Morgan fingerprint density at radius 3 is 2.81 bits per heavy atom. The molecule has 0 atom stereocenters. The average Bonchev–Trinajstić information content (AvgIpc) is 2.74. The van der Waals surface area contributed by atoms with Crippen molar-refractivity contribution >= 4 is 44.1 Å². The summed E-state index contributed by atoms with van der Waals surface area (Å²) in [6.07, 6.45) is 0. The summed E-state index contributed by atoms with van der Waals surface area (Å²) in [4.78, 5) is 17.8. The lowest BCUT2D eigenvalue weighted by molar-refractivity contribution is 0.0533. The Bertz CT molecular complexity index is 868. The van der Waals surface area contributed by atoms with E-state index in [0.29, 0.717) is 17.2 Å². The number of aromatic nitrogens is 1. The lowest BCUT2D eigenvalue weighted by atomic mass is 10.1. The fourth-order valence-corrected chi connectivity index (χ4v) is 3.50. The van der Waals surface area contributed by atoms with Crippen LogP contribution in [-0.4, -0.2) is 17.6 Å². The highest BCUT2D eigenvalue weighted by Crippen LogP contribution is 2.35. The number of nitrogen functional groups attached to an aromatic ring is 1. The van der Waals surface area contributed by atoms with Crippen molar-refractivity contribution in [2.45, 2.75) is 20.8 Å². The molecule has 2 heterocycles. The summed E-state index contributed by atoms with van der Waals surface area (Å²) in [5, 5.41) is 1.86. The molecule has 0 aliphatic rings. The van der Waals surface area contributed by atoms with E-state index in [0.717, 1.165) is 26.7 Å². The van der Waals surface area contributed by atoms with Crippen molar-refractivity contribution < 1.29 is 9.53 Å². The van der Waals surface area contributed by atoms with E-state index in [4.69, 9.17) is 10.5 Å². The van der Waals surface area contributed by atoms with E-state index in [1.807, 2.05) is 13.0 Å². The number of benzene rings is 1. The molecule has 0 radical (unpaired) electrons. The molecule has 3 aromatic rings. The molecule has 0 aliphatic carbocycles. The van der Waals surface area contributed by atoms with Crippen LogP contribution in [0.4, 0.5) is 5.69 Å². The first-order chi connectivity index (χ1) is 10.0. The predicted molar refractivity (Wildman–Crippen MR) is 87.0 cm³/mol. The monoisotopic (exact) mass is 300 g/mol. The molecule has 0 saturated heterocycles. The Hall–Kier alpha value is -2.14. The van der Waals surface area contributed by atoms with Gasteiger partial charge in [-0.15, -0.1) is 11.3 Å². The van der Waals surface area contributed by atoms with E-state index in [2.05, 4.69) is 24.0 Å². The normalized spacial score (nSPS) is 11.2. The van der Waals surface area contributed by atoms with E-state index < -0.39 is 0 Å². The molecule has 3 rings (SSSR count). The number of thiophene rings is 1. The van der Waals surface area contributed by atoms with Crippen LogP contribution in [0.15, 0.2) is 18.2 Å². The molecule has 4 nitrogen and oxygen atoms in total. The SMILES string of the molecule is CCOC(=O)c1sc2nc3c(C)cc(C)cc3cc2c1N. The highest BCUT2D eigenvalue weighted by atomic mass is 32.1. The molecule has 2 N–H and O–H groups in total. The minimum Gasteiger partial charge on any atom is -0.462 e. The lowest BCUT2D eigenvalue weighted by Crippen LogP contribution is -2.04. The number of nitrogens with zero attached hydrogens (tertiary/aromatic N) is 1. The Kier molecular flexibility index (Phi) is 3.29. The molecule has 0 unspecified atom stereocenters. The first kappa shape index (κ1) is 13.8. The number of nitrogens with two attached hydrogens (primary N) is 1. The zero-order valence-corrected chi connectivity index (χ0v) is 13.0. The number of carbonyl (C=O) groups excluding carboxylic acids is 1. The molecule has 0 saturated carbocycles. The van der Waals surface area contributed by atoms with Gasteiger partial charge in [0.2, 0.25) is 0 Å². The van der Waals surface area contributed by atoms with Crippen LogP contribution in [0, 0.1) is 13.8 Å². The fraction of sp³-hybridized carbons (Fsp3) is 0.250. The number of aryl methyl sites for hydroxylation is 2. The van der Waals surface area contributed by atoms with Gasteiger partial charge in [0.15, 0.2) is 0 Å². The maximum absolute atomic E-state index is 11.9. The van der Waals surface area contributed by atoms with Crippen molar-refractivity contribution in [3.63, 3.8) is 0 Å². The summed E-state index contributed by atoms with van der Waals surface area (Å²) in [6, 6.07) is 6.19. The highest BCUT2D eigenvalue weighted by molar-refractivity contribution is 7.21. The molecular formula is C16H16N2O2S. The number of ether oxygens (including phenoxy) is 1. The minimum absolute atomic E-state index is 0.334. The third kappa shape index (κ3) is 2.23. The summed E-state index contributed by atoms with van der Waals surface area (Å²) in [6.45, 7) is 6.20. The van der Waals surface area contributed by atoms with E-state index in [1.54, 1.807) is 6.92 Å². The van der Waals surface area contributed by atoms with Crippen LogP contribution in [0.1, 0.15) is 27.7 Å². The maximum atomic E-state index is 11.9. The first-order valence-corrected chi connectivity index (χ1v) is 7.60. The third-order valence-electron chi connectivity index (χ3n) is 3.41. The number of pyridine rings is 1. The van der Waals surface area contributed by atoms with Gasteiger partial charge in [0.1, 0.15) is 9.71 Å². The molecule has 0 aliphatic heterocycles. The van der Waals surface area contributed by atoms with Crippen molar-refractivity contribution in [2.75, 3.05) is 12.3 Å². The molecule has 108 valence electrons. The van der Waals surface area contributed by atoms with Gasteiger partial charge in [-0.2, -0.15) is 0 Å². The van der Waals surface area contributed by atoms with Crippen molar-refractivity contribution in [3.8, 4) is 0 Å². The van der Waals surface area contributed by atoms with Gasteiger partial charge in [-0.25, -0.2) is 9.78 Å². The Morgan fingerprint density at radius 2 is 2.10 bits per heavy atom. The standard InChI is InChI=1S/C16H16N2O2S/c1-4-20-16(19)14-12(17)11-7-10-6-8(2)5-9(3)13(10)18-15(11)21-14/h5-7H,4,17H2,1-3H3. The van der Waals surface area contributed by atoms with Gasteiger partial charge in [-0.1, -0.05) is 11.6 Å². The van der Waals surface area contributed by atoms with Crippen LogP contribution in [0.2, 0.25) is 0 Å². The van der Waals surface area contributed by atoms with Crippen LogP contribution in [0.25, 0.3) is 21.1 Å². The van der Waals surface area contributed by atoms with Gasteiger partial charge in [0.05, 0.1) is 17.8 Å². The Morgan fingerprint density at radius 1 is 1.33 bits per heavy atom. The zero-order chi connectivity index (χ0) is 15.1. The number of hydrogen-bond donors (Lipinski definition) is 1. The van der Waals surface area contributed by atoms with Crippen molar-refractivity contribution in [1.82, 2.24) is 4.98 Å². The van der Waals surface area contributed by atoms with E-state index in [-0.39, 0.29) is 5.97 Å². The van der Waals surface area contributed by atoms with Gasteiger partial charge in [-0.3, -0.25) is 0 Å². The summed E-state index contributed by atoms with van der Waals surface area (Å²) in [5.41, 5.74) is 9.82. The topological polar surface area (TPSA) is 65.2 Å². The molecule has 1 aromatic carbocycles. The fourth-order valence-electron chi connectivity index (χ4n) is 2.53. The lowest BCUT2D eigenvalue weighted by Gasteiger charge is -2.04. The number of rotatable bonds is 2. The van der Waals surface area contributed by atoms with E-state index >= 15 is 0 Å². The molecule has 0 amide bonds. The molecule has 21 heavy (non-hydrogen) atoms. The van der Waals surface area contributed by atoms with Gasteiger partial charge < -0.3 is 10.5 Å². The van der Waals surface area contributed by atoms with Gasteiger partial charge in [0.25, 0.3) is 0 Å². The largest absolute Gasteiger partial charge is 0.462 e. The van der Waals surface area contributed by atoms with Gasteiger partial charge in [-0.05, 0) is 38.5 Å². The van der Waals surface area contributed by atoms with E-state index in [1.165, 1.54) is 16.9 Å². The van der Waals surface area contributed by atoms with Crippen LogP contribution >= 0.6 is 11.3 Å². The predicted octanol–water partition coefficient (Wildman–Crippen LogP) is 3.83. The number of anilines is 1. The molecule has 0 spiro atoms. The molecule has 0 fully saturated rings. The Labute approximate surface area is 126 Å². The molecule has 2 aromatic heterocycles. The summed E-state index contributed by atoms with van der Waals surface area (Å²) in [7, 11) is 0. The second-order valence-corrected chi connectivity index (χ2v) is 6.06. The number of hydrogen-bond acceptors (Lipinski definition) is 5. The highest BCUT2D eigenvalue weighted by Gasteiger charge is 2.19. The molecule has 0 bridgehead atoms. The van der Waals surface area contributed by atoms with Crippen molar-refractivity contribution in [3.05, 3.63) is 34.2 Å². The third-order valence-corrected chi connectivity index (χ3v) is 4.51. The Balaban J connectivity index is 2.29. The van der Waals surface area contributed by atoms with Crippen molar-refractivity contribution in [1.29, 1.82) is 0 Å². The average molecular weight is 300 g/mol. The van der Waals surface area contributed by atoms with Gasteiger partial charge in [0, 0.05) is 10.8 Å². The smallest absolute Gasteiger partial charge is 0.350 e. The molecular weight excluding hydrogens is 284 g/mol. The first-order valence-electron chi connectivity index (χ1n) is 6.78. The number of esters is 1. The summed E-state index contributed by atoms with van der Waals surface area (Å²) < 4.78 is 5.04. The van der Waals surface area contributed by atoms with E-state index in [9.17, 15) is 4.79 Å². The zero-order valence-electron chi connectivity index (χ0n) is 12.2. The van der Waals surface area contributed by atoms with Crippen molar-refractivity contribution in [2.24, 2.45) is 0 Å². The molecule has 5 heteroatoms. The minimum atomic E-state index is -0.380. The quantitative estimate of drug-likeness (QED) is 0.731. The van der Waals surface area contributed by atoms with Crippen LogP contribution in [0.3, 0.4) is 0 Å².